The Morgan fingerprint density at radius 3 is 2.21 bits per heavy atom. The minimum atomic E-state index is -3.61. The van der Waals surface area contributed by atoms with E-state index in [4.69, 9.17) is 4.74 Å². The minimum absolute atomic E-state index is 0.122. The van der Waals surface area contributed by atoms with Crippen LogP contribution in [0.25, 0.3) is 0 Å². The van der Waals surface area contributed by atoms with E-state index in [0.29, 0.717) is 23.7 Å². The van der Waals surface area contributed by atoms with Gasteiger partial charge in [-0.25, -0.2) is 26.7 Å². The maximum Gasteiger partial charge on any atom is 0.352 e. The minimum Gasteiger partial charge on any atom is -0.424 e. The van der Waals surface area contributed by atoms with Crippen LogP contribution in [-0.2, 0) is 4.79 Å². The lowest BCUT2D eigenvalue weighted by molar-refractivity contribution is -0.195. The Morgan fingerprint density at radius 2 is 1.59 bits per heavy atom. The van der Waals surface area contributed by atoms with Crippen LogP contribution in [0, 0.1) is 11.8 Å². The van der Waals surface area contributed by atoms with Crippen LogP contribution in [-0.4, -0.2) is 35.8 Å². The number of hydrogen-bond donors (Lipinski definition) is 1. The maximum atomic E-state index is 15.8. The predicted molar refractivity (Wildman–Crippen MR) is 125 cm³/mol. The summed E-state index contributed by atoms with van der Waals surface area (Å²) in [5, 5.41) is 0. The lowest BCUT2D eigenvalue weighted by atomic mass is 9.63. The molecule has 5 atom stereocenters. The lowest BCUT2D eigenvalue weighted by Crippen LogP contribution is -2.67. The fourth-order valence-electron chi connectivity index (χ4n) is 5.47. The van der Waals surface area contributed by atoms with E-state index >= 15 is 17.6 Å². The molecule has 0 bridgehead atoms. The molecule has 2 aliphatic rings. The van der Waals surface area contributed by atoms with Gasteiger partial charge in [0, 0.05) is 11.3 Å². The molecule has 0 N–H and O–H groups in total. The molecule has 1 aromatic rings. The molecule has 8 heteroatoms. The Kier molecular flexibility index (Phi) is 9.32. The molecule has 5 unspecified atom stereocenters. The fourth-order valence-corrected chi connectivity index (χ4v) is 5.62. The highest BCUT2D eigenvalue weighted by Crippen LogP contribution is 2.53. The van der Waals surface area contributed by atoms with Gasteiger partial charge in [0.15, 0.2) is 18.0 Å². The van der Waals surface area contributed by atoms with Crippen LogP contribution in [0.3, 0.4) is 0 Å². The van der Waals surface area contributed by atoms with Gasteiger partial charge in [-0.05, 0) is 48.9 Å². The second-order valence-corrected chi connectivity index (χ2v) is 10.5. The van der Waals surface area contributed by atoms with Gasteiger partial charge >= 0.3 is 5.97 Å². The number of esters is 1. The van der Waals surface area contributed by atoms with E-state index in [1.807, 2.05) is 0 Å². The quantitative estimate of drug-likeness (QED) is 0.121. The van der Waals surface area contributed by atoms with Crippen molar-refractivity contribution in [2.45, 2.75) is 112 Å². The van der Waals surface area contributed by atoms with Gasteiger partial charge in [0.25, 0.3) is 0 Å². The summed E-state index contributed by atoms with van der Waals surface area (Å²) >= 11 is 4.07. The molecule has 192 valence electrons. The van der Waals surface area contributed by atoms with Crippen molar-refractivity contribution in [2.75, 3.05) is 0 Å². The second-order valence-electron chi connectivity index (χ2n) is 9.97. The molecule has 1 aromatic carbocycles. The van der Waals surface area contributed by atoms with Crippen LogP contribution in [0.15, 0.2) is 29.2 Å². The summed E-state index contributed by atoms with van der Waals surface area (Å²) in [4.78, 5) is 12.9. The van der Waals surface area contributed by atoms with Gasteiger partial charge < -0.3 is 4.74 Å². The highest BCUT2D eigenvalue weighted by atomic mass is 32.1. The third-order valence-electron chi connectivity index (χ3n) is 7.65. The highest BCUT2D eigenvalue weighted by molar-refractivity contribution is 7.80. The van der Waals surface area contributed by atoms with Crippen molar-refractivity contribution < 1.29 is 31.5 Å². The molecule has 0 aliphatic heterocycles. The molecule has 3 rings (SSSR count). The predicted octanol–water partition coefficient (Wildman–Crippen LogP) is 7.88. The van der Waals surface area contributed by atoms with Gasteiger partial charge in [0.1, 0.15) is 11.9 Å². The zero-order valence-corrected chi connectivity index (χ0v) is 20.5. The number of halogens is 5. The van der Waals surface area contributed by atoms with Crippen LogP contribution in [0.2, 0.25) is 0 Å². The number of benzene rings is 1. The Hall–Kier alpha value is -1.31. The first-order chi connectivity index (χ1) is 16.1. The van der Waals surface area contributed by atoms with E-state index in [9.17, 15) is 9.18 Å². The number of alkyl halides is 5. The average Bonchev–Trinajstić information content (AvgIpc) is 2.83. The molecule has 0 radical (unpaired) electrons. The number of carbonyl (C=O) groups is 1. The average molecular weight is 507 g/mol. The number of hydrogen-bond acceptors (Lipinski definition) is 3. The normalized spacial score (nSPS) is 36.3. The molecule has 2 saturated carbocycles. The van der Waals surface area contributed by atoms with Crippen molar-refractivity contribution in [1.29, 1.82) is 0 Å². The van der Waals surface area contributed by atoms with Crippen molar-refractivity contribution in [3.05, 3.63) is 24.3 Å². The van der Waals surface area contributed by atoms with E-state index in [2.05, 4.69) is 19.6 Å². The fraction of sp³-hybridized carbons (Fsp3) is 0.731. The van der Waals surface area contributed by atoms with Gasteiger partial charge in [-0.1, -0.05) is 58.3 Å². The largest absolute Gasteiger partial charge is 0.424 e. The summed E-state index contributed by atoms with van der Waals surface area (Å²) in [6.07, 6.45) is -1.89. The molecule has 0 spiro atoms. The van der Waals surface area contributed by atoms with Gasteiger partial charge in [-0.2, -0.15) is 0 Å². The SMILES string of the molecule is CCCCCCCC1CCC(C2(F)C(F)CC(F)(C(=O)Oc3ccc(S)cc3)C(F)C2F)CC1. The first-order valence-corrected chi connectivity index (χ1v) is 12.9. The molecule has 0 saturated heterocycles. The molecule has 2 nitrogen and oxygen atoms in total. The summed E-state index contributed by atoms with van der Waals surface area (Å²) in [7, 11) is 0. The summed E-state index contributed by atoms with van der Waals surface area (Å²) in [6.45, 7) is 2.15. The molecular weight excluding hydrogens is 471 g/mol. The van der Waals surface area contributed by atoms with E-state index in [0.717, 1.165) is 25.7 Å². The topological polar surface area (TPSA) is 26.3 Å². The van der Waals surface area contributed by atoms with Crippen LogP contribution in [0.4, 0.5) is 22.0 Å². The molecule has 0 aromatic heterocycles. The Morgan fingerprint density at radius 1 is 0.971 bits per heavy atom. The number of carbonyl (C=O) groups excluding carboxylic acids is 1. The second kappa shape index (κ2) is 11.6. The third-order valence-corrected chi connectivity index (χ3v) is 7.95. The van der Waals surface area contributed by atoms with Crippen molar-refractivity contribution in [3.8, 4) is 5.75 Å². The zero-order chi connectivity index (χ0) is 24.9. The Labute approximate surface area is 204 Å². The van der Waals surface area contributed by atoms with E-state index in [-0.39, 0.29) is 18.6 Å². The van der Waals surface area contributed by atoms with E-state index in [1.165, 1.54) is 37.1 Å². The maximum absolute atomic E-state index is 15.8. The molecule has 0 heterocycles. The number of rotatable bonds is 9. The number of ether oxygens (including phenoxy) is 1. The Bertz CT molecular complexity index is 801. The first-order valence-electron chi connectivity index (χ1n) is 12.4. The molecular formula is C26H35F5O2S. The van der Waals surface area contributed by atoms with Gasteiger partial charge in [-0.15, -0.1) is 12.6 Å². The number of unbranched alkanes of at least 4 members (excludes halogenated alkanes) is 4. The molecule has 2 aliphatic carbocycles. The summed E-state index contributed by atoms with van der Waals surface area (Å²) in [5.41, 5.74) is -6.77. The van der Waals surface area contributed by atoms with Gasteiger partial charge in [-0.3, -0.25) is 0 Å². The first kappa shape index (κ1) is 27.3. The molecule has 0 amide bonds. The third kappa shape index (κ3) is 5.73. The van der Waals surface area contributed by atoms with E-state index in [1.54, 1.807) is 0 Å². The van der Waals surface area contributed by atoms with Crippen LogP contribution in [0.5, 0.6) is 5.75 Å². The van der Waals surface area contributed by atoms with Crippen molar-refractivity contribution in [2.24, 2.45) is 11.8 Å². The lowest BCUT2D eigenvalue weighted by Gasteiger charge is -2.48. The molecule has 34 heavy (non-hydrogen) atoms. The standard InChI is InChI=1S/C26H35F5O2S/c1-2-3-4-5-6-7-17-8-10-18(11-9-17)26(31)21(27)16-25(30,22(28)23(26)29)24(32)33-19-12-14-20(34)15-13-19/h12-15,17-18,21-23,34H,2-11,16H2,1H3. The summed E-state index contributed by atoms with van der Waals surface area (Å²) in [5.74, 6) is -2.56. The zero-order valence-electron chi connectivity index (χ0n) is 19.6. The summed E-state index contributed by atoms with van der Waals surface area (Å²) < 4.78 is 81.0. The van der Waals surface area contributed by atoms with Crippen molar-refractivity contribution in [3.63, 3.8) is 0 Å². The smallest absolute Gasteiger partial charge is 0.352 e. The van der Waals surface area contributed by atoms with Crippen molar-refractivity contribution in [1.82, 2.24) is 0 Å². The monoisotopic (exact) mass is 506 g/mol. The van der Waals surface area contributed by atoms with Gasteiger partial charge in [0.05, 0.1) is 0 Å². The Balaban J connectivity index is 1.61. The number of thiol groups is 1. The van der Waals surface area contributed by atoms with E-state index < -0.39 is 48.2 Å². The molecule has 2 fully saturated rings. The van der Waals surface area contributed by atoms with Crippen LogP contribution >= 0.6 is 12.6 Å². The van der Waals surface area contributed by atoms with Crippen LogP contribution in [0.1, 0.15) is 77.6 Å². The van der Waals surface area contributed by atoms with Crippen molar-refractivity contribution >= 4 is 18.6 Å². The van der Waals surface area contributed by atoms with Crippen LogP contribution < -0.4 is 4.74 Å². The van der Waals surface area contributed by atoms with Gasteiger partial charge in [0.2, 0.25) is 5.67 Å². The summed E-state index contributed by atoms with van der Waals surface area (Å²) in [6, 6.07) is 5.49. The highest BCUT2D eigenvalue weighted by Gasteiger charge is 2.70.